The average molecular weight is 287 g/mol. The number of benzene rings is 1. The number of aliphatic imine (C=N–C) groups is 1. The van der Waals surface area contributed by atoms with Gasteiger partial charge in [0, 0.05) is 0 Å². The van der Waals surface area contributed by atoms with E-state index < -0.39 is 5.54 Å². The Morgan fingerprint density at radius 2 is 2.05 bits per heavy atom. The summed E-state index contributed by atoms with van der Waals surface area (Å²) in [6, 6.07) is 8.04. The molecule has 1 aromatic carbocycles. The second-order valence-electron chi connectivity index (χ2n) is 5.79. The molecule has 1 aliphatic carbocycles. The van der Waals surface area contributed by atoms with Crippen molar-refractivity contribution in [1.29, 1.82) is 0 Å². The van der Waals surface area contributed by atoms with E-state index in [4.69, 9.17) is 4.74 Å². The summed E-state index contributed by atoms with van der Waals surface area (Å²) in [4.78, 5) is 16.7. The van der Waals surface area contributed by atoms with Crippen LogP contribution in [0, 0.1) is 0 Å². The molecule has 0 spiro atoms. The second kappa shape index (κ2) is 5.39. The van der Waals surface area contributed by atoms with Gasteiger partial charge in [-0.3, -0.25) is 10.1 Å². The van der Waals surface area contributed by atoms with Crippen LogP contribution < -0.4 is 15.4 Å². The molecular weight excluding hydrogens is 266 g/mol. The second-order valence-corrected chi connectivity index (χ2v) is 5.79. The molecule has 3 rings (SSSR count). The lowest BCUT2D eigenvalue weighted by Crippen LogP contribution is -2.40. The number of hydrogen-bond acceptors (Lipinski definition) is 3. The largest absolute Gasteiger partial charge is 0.494 e. The van der Waals surface area contributed by atoms with Gasteiger partial charge in [-0.25, -0.2) is 4.99 Å². The number of amides is 1. The quantitative estimate of drug-likeness (QED) is 0.870. The molecule has 2 N–H and O–H groups in total. The zero-order valence-electron chi connectivity index (χ0n) is 12.5. The lowest BCUT2D eigenvalue weighted by atomic mass is 9.92. The van der Waals surface area contributed by atoms with Crippen molar-refractivity contribution in [3.05, 3.63) is 29.8 Å². The van der Waals surface area contributed by atoms with Crippen LogP contribution in [0.15, 0.2) is 29.3 Å². The molecule has 0 radical (unpaired) electrons. The molecule has 0 aromatic heterocycles. The average Bonchev–Trinajstić information content (AvgIpc) is 3.24. The maximum absolute atomic E-state index is 12.3. The molecular formula is C16H21N3O2. The third kappa shape index (κ3) is 2.86. The highest BCUT2D eigenvalue weighted by atomic mass is 16.5. The molecule has 1 amide bonds. The molecule has 1 aliphatic heterocycles. The van der Waals surface area contributed by atoms with Gasteiger partial charge in [-0.05, 0) is 43.9 Å². The van der Waals surface area contributed by atoms with Crippen LogP contribution in [0.25, 0.3) is 0 Å². The van der Waals surface area contributed by atoms with Crippen molar-refractivity contribution < 1.29 is 9.53 Å². The Hall–Kier alpha value is -2.04. The highest BCUT2D eigenvalue weighted by Gasteiger charge is 2.42. The summed E-state index contributed by atoms with van der Waals surface area (Å²) in [5.74, 6) is 1.36. The van der Waals surface area contributed by atoms with Crippen LogP contribution in [-0.4, -0.2) is 24.5 Å². The van der Waals surface area contributed by atoms with Crippen molar-refractivity contribution in [3.63, 3.8) is 0 Å². The van der Waals surface area contributed by atoms with Crippen LogP contribution in [-0.2, 0) is 10.3 Å². The Morgan fingerprint density at radius 3 is 2.67 bits per heavy atom. The number of guanidine groups is 1. The smallest absolute Gasteiger partial charge is 0.256 e. The standard InChI is InChI=1S/C16H21N3O2/c1-3-10-21-13-8-4-11(5-9-13)16(2)14(20)18-15(19-16)17-12-6-7-12/h4-5,8-9,12H,3,6-7,10H2,1-2H3,(H2,17,18,19,20). The van der Waals surface area contributed by atoms with Gasteiger partial charge in [-0.1, -0.05) is 19.1 Å². The molecule has 1 aromatic rings. The predicted octanol–water partition coefficient (Wildman–Crippen LogP) is 1.93. The van der Waals surface area contributed by atoms with E-state index >= 15 is 0 Å². The van der Waals surface area contributed by atoms with Crippen LogP contribution in [0.5, 0.6) is 5.75 Å². The van der Waals surface area contributed by atoms with E-state index in [0.717, 1.165) is 30.6 Å². The van der Waals surface area contributed by atoms with Gasteiger partial charge in [-0.2, -0.15) is 0 Å². The summed E-state index contributed by atoms with van der Waals surface area (Å²) in [6.07, 6.45) is 3.20. The Kier molecular flexibility index (Phi) is 3.57. The topological polar surface area (TPSA) is 62.7 Å². The number of nitrogens with zero attached hydrogens (tertiary/aromatic N) is 1. The molecule has 1 atom stereocenters. The Labute approximate surface area is 124 Å². The van der Waals surface area contributed by atoms with Gasteiger partial charge in [0.2, 0.25) is 0 Å². The van der Waals surface area contributed by atoms with Crippen LogP contribution in [0.2, 0.25) is 0 Å². The minimum absolute atomic E-state index is 0.0656. The number of carbonyl (C=O) groups is 1. The number of nitrogens with one attached hydrogen (secondary N) is 2. The van der Waals surface area contributed by atoms with E-state index in [1.807, 2.05) is 31.2 Å². The van der Waals surface area contributed by atoms with E-state index in [2.05, 4.69) is 22.5 Å². The molecule has 5 nitrogen and oxygen atoms in total. The summed E-state index contributed by atoms with van der Waals surface area (Å²) in [7, 11) is 0. The minimum atomic E-state index is -0.767. The first kappa shape index (κ1) is 13.9. The Balaban J connectivity index is 1.76. The van der Waals surface area contributed by atoms with Crippen molar-refractivity contribution in [1.82, 2.24) is 10.6 Å². The van der Waals surface area contributed by atoms with Crippen LogP contribution in [0.3, 0.4) is 0 Å². The maximum Gasteiger partial charge on any atom is 0.256 e. The van der Waals surface area contributed by atoms with Gasteiger partial charge in [0.15, 0.2) is 5.96 Å². The SMILES string of the molecule is CCCOc1ccc(C2(C)NC(=NC3CC3)NC2=O)cc1. The first-order valence-corrected chi connectivity index (χ1v) is 7.52. The highest BCUT2D eigenvalue weighted by Crippen LogP contribution is 2.28. The van der Waals surface area contributed by atoms with Crippen LogP contribution >= 0.6 is 0 Å². The lowest BCUT2D eigenvalue weighted by Gasteiger charge is -2.21. The van der Waals surface area contributed by atoms with Gasteiger partial charge in [0.1, 0.15) is 11.3 Å². The molecule has 1 heterocycles. The van der Waals surface area contributed by atoms with Crippen molar-refractivity contribution in [2.24, 2.45) is 4.99 Å². The fourth-order valence-electron chi connectivity index (χ4n) is 2.32. The number of carbonyl (C=O) groups excluding carboxylic acids is 1. The zero-order chi connectivity index (χ0) is 14.9. The summed E-state index contributed by atoms with van der Waals surface area (Å²) in [5.41, 5.74) is 0.140. The van der Waals surface area contributed by atoms with Gasteiger partial charge in [-0.15, -0.1) is 0 Å². The molecule has 0 bridgehead atoms. The molecule has 2 aliphatic rings. The first-order valence-electron chi connectivity index (χ1n) is 7.52. The van der Waals surface area contributed by atoms with Gasteiger partial charge in [0.25, 0.3) is 5.91 Å². The van der Waals surface area contributed by atoms with E-state index in [1.165, 1.54) is 0 Å². The van der Waals surface area contributed by atoms with Gasteiger partial charge in [0.05, 0.1) is 12.6 Å². The van der Waals surface area contributed by atoms with Crippen molar-refractivity contribution >= 4 is 11.9 Å². The van der Waals surface area contributed by atoms with Crippen molar-refractivity contribution in [2.45, 2.75) is 44.7 Å². The first-order chi connectivity index (χ1) is 10.1. The van der Waals surface area contributed by atoms with E-state index in [1.54, 1.807) is 0 Å². The summed E-state index contributed by atoms with van der Waals surface area (Å²) in [6.45, 7) is 4.65. The van der Waals surface area contributed by atoms with Gasteiger partial charge < -0.3 is 10.1 Å². The minimum Gasteiger partial charge on any atom is -0.494 e. The van der Waals surface area contributed by atoms with Crippen LogP contribution in [0.4, 0.5) is 0 Å². The molecule has 112 valence electrons. The number of ether oxygens (including phenoxy) is 1. The number of rotatable bonds is 5. The van der Waals surface area contributed by atoms with E-state index in [0.29, 0.717) is 18.6 Å². The summed E-state index contributed by atoms with van der Waals surface area (Å²) < 4.78 is 5.57. The third-order valence-electron chi connectivity index (χ3n) is 3.82. The molecule has 1 saturated heterocycles. The predicted molar refractivity (Wildman–Crippen MR) is 81.3 cm³/mol. The summed E-state index contributed by atoms with van der Waals surface area (Å²) in [5, 5.41) is 6.05. The molecule has 1 saturated carbocycles. The fraction of sp³-hybridized carbons (Fsp3) is 0.500. The van der Waals surface area contributed by atoms with E-state index in [9.17, 15) is 4.79 Å². The van der Waals surface area contributed by atoms with Crippen molar-refractivity contribution in [3.8, 4) is 5.75 Å². The third-order valence-corrected chi connectivity index (χ3v) is 3.82. The highest BCUT2D eigenvalue weighted by molar-refractivity contribution is 6.09. The van der Waals surface area contributed by atoms with E-state index in [-0.39, 0.29) is 5.91 Å². The zero-order valence-corrected chi connectivity index (χ0v) is 12.5. The Bertz CT molecular complexity index is 563. The normalized spacial score (nSPS) is 26.6. The monoisotopic (exact) mass is 287 g/mol. The molecule has 5 heteroatoms. The summed E-state index contributed by atoms with van der Waals surface area (Å²) >= 11 is 0. The maximum atomic E-state index is 12.3. The lowest BCUT2D eigenvalue weighted by molar-refractivity contribution is -0.123. The fourth-order valence-corrected chi connectivity index (χ4v) is 2.32. The van der Waals surface area contributed by atoms with Crippen LogP contribution in [0.1, 0.15) is 38.7 Å². The molecule has 1 unspecified atom stereocenters. The molecule has 21 heavy (non-hydrogen) atoms. The number of hydrogen-bond donors (Lipinski definition) is 2. The van der Waals surface area contributed by atoms with Crippen molar-refractivity contribution in [2.75, 3.05) is 6.61 Å². The Morgan fingerprint density at radius 1 is 1.33 bits per heavy atom. The van der Waals surface area contributed by atoms with Gasteiger partial charge >= 0.3 is 0 Å². The molecule has 2 fully saturated rings.